The molecule has 2 nitrogen and oxygen atoms in total. The Bertz CT molecular complexity index is 63.5. The normalized spacial score (nSPS) is 13.2. The van der Waals surface area contributed by atoms with E-state index < -0.39 is 0 Å². The molecule has 8 heavy (non-hydrogen) atoms. The number of quaternary nitrogens is 1. The smallest absolute Gasteiger partial charge is 0.277 e. The van der Waals surface area contributed by atoms with Crippen LogP contribution in [0.2, 0.25) is 0 Å². The molecule has 0 heterocycles. The largest absolute Gasteiger partial charge is 0.299 e. The van der Waals surface area contributed by atoms with Gasteiger partial charge in [-0.2, -0.15) is 0 Å². The Labute approximate surface area is 50.5 Å². The number of unbranched alkanes of at least 4 members (excludes halogenated alkanes) is 1. The van der Waals surface area contributed by atoms with Gasteiger partial charge >= 0.3 is 0 Å². The molecule has 1 N–H and O–H groups in total. The zero-order valence-corrected chi connectivity index (χ0v) is 5.61. The summed E-state index contributed by atoms with van der Waals surface area (Å²) in [5, 5.41) is 0. The maximum absolute atomic E-state index is 9.97. The van der Waals surface area contributed by atoms with Crippen LogP contribution in [0, 0.1) is 0 Å². The molecule has 1 atom stereocenters. The molecule has 0 aromatic rings. The van der Waals surface area contributed by atoms with E-state index in [1.807, 2.05) is 7.05 Å². The third-order valence-electron chi connectivity index (χ3n) is 1.13. The van der Waals surface area contributed by atoms with Crippen molar-refractivity contribution in [1.29, 1.82) is 0 Å². The Morgan fingerprint density at radius 2 is 2.25 bits per heavy atom. The van der Waals surface area contributed by atoms with Crippen molar-refractivity contribution in [2.45, 2.75) is 19.8 Å². The lowest BCUT2D eigenvalue weighted by molar-refractivity contribution is -0.788. The van der Waals surface area contributed by atoms with Gasteiger partial charge < -0.3 is 0 Å². The predicted molar refractivity (Wildman–Crippen MR) is 32.7 cm³/mol. The first kappa shape index (κ1) is 7.63. The van der Waals surface area contributed by atoms with Crippen molar-refractivity contribution in [1.82, 2.24) is 0 Å². The minimum absolute atomic E-state index is 0.940. The van der Waals surface area contributed by atoms with Crippen LogP contribution in [0.1, 0.15) is 19.8 Å². The van der Waals surface area contributed by atoms with Gasteiger partial charge in [-0.15, -0.1) is 0 Å². The maximum atomic E-state index is 9.97. The van der Waals surface area contributed by atoms with Gasteiger partial charge in [-0.3, -0.25) is 4.90 Å². The molecule has 0 fully saturated rings. The molecule has 0 rings (SSSR count). The Kier molecular flexibility index (Phi) is 4.56. The van der Waals surface area contributed by atoms with Crippen LogP contribution < -0.4 is 4.90 Å². The average molecular weight is 116 g/mol. The topological polar surface area (TPSA) is 21.5 Å². The average Bonchev–Trinajstić information content (AvgIpc) is 1.83. The summed E-state index contributed by atoms with van der Waals surface area (Å²) in [6.07, 6.45) is 3.26. The van der Waals surface area contributed by atoms with Gasteiger partial charge in [-0.25, -0.2) is 4.79 Å². The number of amides is 1. The summed E-state index contributed by atoms with van der Waals surface area (Å²) in [5.41, 5.74) is 0. The number of hydrogen-bond donors (Lipinski definition) is 1. The molecule has 0 spiro atoms. The highest BCUT2D eigenvalue weighted by molar-refractivity contribution is 5.33. The summed E-state index contributed by atoms with van der Waals surface area (Å²) < 4.78 is 0. The van der Waals surface area contributed by atoms with Gasteiger partial charge in [0.15, 0.2) is 0 Å². The van der Waals surface area contributed by atoms with Crippen molar-refractivity contribution in [3.63, 3.8) is 0 Å². The van der Waals surface area contributed by atoms with Crippen molar-refractivity contribution >= 4 is 6.41 Å². The fraction of sp³-hybridized carbons (Fsp3) is 0.833. The minimum Gasteiger partial charge on any atom is -0.277 e. The van der Waals surface area contributed by atoms with Crippen LogP contribution in [0.15, 0.2) is 0 Å². The second-order valence-electron chi connectivity index (χ2n) is 2.07. The van der Waals surface area contributed by atoms with E-state index in [9.17, 15) is 4.79 Å². The molecule has 0 aliphatic carbocycles. The van der Waals surface area contributed by atoms with Gasteiger partial charge in [0.05, 0.1) is 13.6 Å². The molecule has 0 aliphatic rings. The second-order valence-corrected chi connectivity index (χ2v) is 2.07. The van der Waals surface area contributed by atoms with Crippen molar-refractivity contribution in [2.75, 3.05) is 13.6 Å². The van der Waals surface area contributed by atoms with Gasteiger partial charge in [0.2, 0.25) is 0 Å². The number of carbonyl (C=O) groups excluding carboxylic acids is 1. The highest BCUT2D eigenvalue weighted by Crippen LogP contribution is 1.77. The third kappa shape index (κ3) is 3.81. The monoisotopic (exact) mass is 116 g/mol. The van der Waals surface area contributed by atoms with Gasteiger partial charge in [-0.1, -0.05) is 13.3 Å². The summed E-state index contributed by atoms with van der Waals surface area (Å²) in [5.74, 6) is 0. The van der Waals surface area contributed by atoms with E-state index in [-0.39, 0.29) is 0 Å². The Balaban J connectivity index is 2.98. The first-order valence-corrected chi connectivity index (χ1v) is 3.09. The van der Waals surface area contributed by atoms with Gasteiger partial charge in [0.1, 0.15) is 0 Å². The zero-order chi connectivity index (χ0) is 6.41. The first-order chi connectivity index (χ1) is 3.81. The van der Waals surface area contributed by atoms with E-state index in [4.69, 9.17) is 0 Å². The van der Waals surface area contributed by atoms with E-state index in [0.29, 0.717) is 0 Å². The van der Waals surface area contributed by atoms with Crippen molar-refractivity contribution in [2.24, 2.45) is 0 Å². The fourth-order valence-corrected chi connectivity index (χ4v) is 0.515. The summed E-state index contributed by atoms with van der Waals surface area (Å²) in [6, 6.07) is 0. The molecule has 0 aromatic carbocycles. The highest BCUT2D eigenvalue weighted by atomic mass is 16.1. The molecular formula is C6H14NO+. The Morgan fingerprint density at radius 3 is 2.62 bits per heavy atom. The predicted octanol–water partition coefficient (Wildman–Crippen LogP) is -0.542. The Hall–Kier alpha value is -0.370. The van der Waals surface area contributed by atoms with Crippen molar-refractivity contribution < 1.29 is 9.69 Å². The van der Waals surface area contributed by atoms with Crippen LogP contribution in [0.5, 0.6) is 0 Å². The molecule has 0 radical (unpaired) electrons. The molecule has 0 aromatic heterocycles. The van der Waals surface area contributed by atoms with Crippen LogP contribution in [0.25, 0.3) is 0 Å². The lowest BCUT2D eigenvalue weighted by Gasteiger charge is -2.01. The first-order valence-electron chi connectivity index (χ1n) is 3.09. The van der Waals surface area contributed by atoms with Crippen LogP contribution in [-0.4, -0.2) is 20.0 Å². The lowest BCUT2D eigenvalue weighted by Crippen LogP contribution is -3.07. The zero-order valence-electron chi connectivity index (χ0n) is 5.61. The minimum atomic E-state index is 0.940. The van der Waals surface area contributed by atoms with E-state index in [0.717, 1.165) is 24.3 Å². The standard InChI is InChI=1S/C6H13NO/c1-3-4-5-7(2)6-8/h6H,3-5H2,1-2H3/p+1. The molecule has 0 saturated carbocycles. The van der Waals surface area contributed by atoms with Gasteiger partial charge in [-0.05, 0) is 6.42 Å². The molecule has 0 aliphatic heterocycles. The lowest BCUT2D eigenvalue weighted by atomic mass is 10.3. The number of hydrogen-bond acceptors (Lipinski definition) is 1. The van der Waals surface area contributed by atoms with E-state index in [1.54, 1.807) is 0 Å². The van der Waals surface area contributed by atoms with Crippen LogP contribution in [0.4, 0.5) is 0 Å². The SMILES string of the molecule is CCCC[NH+](C)C=O. The maximum Gasteiger partial charge on any atom is 0.299 e. The highest BCUT2D eigenvalue weighted by Gasteiger charge is 1.93. The van der Waals surface area contributed by atoms with Crippen LogP contribution in [-0.2, 0) is 4.79 Å². The third-order valence-corrected chi connectivity index (χ3v) is 1.13. The number of carbonyl (C=O) groups is 1. The summed E-state index contributed by atoms with van der Waals surface area (Å²) >= 11 is 0. The fourth-order valence-electron chi connectivity index (χ4n) is 0.515. The van der Waals surface area contributed by atoms with E-state index in [1.165, 1.54) is 6.42 Å². The summed E-state index contributed by atoms with van der Waals surface area (Å²) in [6.45, 7) is 3.10. The molecule has 1 amide bonds. The molecular weight excluding hydrogens is 102 g/mol. The molecule has 0 saturated heterocycles. The number of nitrogens with one attached hydrogen (secondary N) is 1. The van der Waals surface area contributed by atoms with Crippen molar-refractivity contribution in [3.8, 4) is 0 Å². The quantitative estimate of drug-likeness (QED) is 0.489. The summed E-state index contributed by atoms with van der Waals surface area (Å²) in [7, 11) is 1.88. The molecule has 2 heteroatoms. The second kappa shape index (κ2) is 4.78. The van der Waals surface area contributed by atoms with E-state index >= 15 is 0 Å². The molecule has 1 unspecified atom stereocenters. The van der Waals surface area contributed by atoms with Gasteiger partial charge in [0.25, 0.3) is 6.41 Å². The Morgan fingerprint density at radius 1 is 1.62 bits per heavy atom. The number of rotatable bonds is 4. The molecule has 48 valence electrons. The van der Waals surface area contributed by atoms with Crippen LogP contribution in [0.3, 0.4) is 0 Å². The summed E-state index contributed by atoms with van der Waals surface area (Å²) in [4.78, 5) is 10.9. The van der Waals surface area contributed by atoms with Crippen molar-refractivity contribution in [3.05, 3.63) is 0 Å². The van der Waals surface area contributed by atoms with E-state index in [2.05, 4.69) is 6.92 Å². The van der Waals surface area contributed by atoms with Crippen LogP contribution >= 0.6 is 0 Å². The molecule has 0 bridgehead atoms. The van der Waals surface area contributed by atoms with Gasteiger partial charge in [0, 0.05) is 0 Å².